The molecule has 0 N–H and O–H groups in total. The lowest BCUT2D eigenvalue weighted by Gasteiger charge is -2.24. The summed E-state index contributed by atoms with van der Waals surface area (Å²) in [6.45, 7) is 1.88. The number of rotatable bonds is 2. The van der Waals surface area contributed by atoms with Crippen LogP contribution in [0.5, 0.6) is 17.2 Å². The molecule has 2 heterocycles. The molecule has 6 heteroatoms. The van der Waals surface area contributed by atoms with Gasteiger partial charge >= 0.3 is 11.6 Å². The Bertz CT molecular complexity index is 1020. The van der Waals surface area contributed by atoms with Crippen LogP contribution in [0.15, 0.2) is 57.7 Å². The molecule has 3 aromatic rings. The number of hydrogen-bond donors (Lipinski definition) is 0. The van der Waals surface area contributed by atoms with E-state index in [4.69, 9.17) is 18.6 Å². The molecule has 25 heavy (non-hydrogen) atoms. The van der Waals surface area contributed by atoms with Crippen molar-refractivity contribution in [2.45, 2.75) is 13.0 Å². The van der Waals surface area contributed by atoms with Crippen LogP contribution in [-0.2, 0) is 4.79 Å². The summed E-state index contributed by atoms with van der Waals surface area (Å²) in [5, 5.41) is 0.783. The second-order valence-corrected chi connectivity index (χ2v) is 5.69. The van der Waals surface area contributed by atoms with Gasteiger partial charge < -0.3 is 18.6 Å². The van der Waals surface area contributed by atoms with Crippen LogP contribution in [-0.4, -0.2) is 18.7 Å². The van der Waals surface area contributed by atoms with Gasteiger partial charge in [-0.2, -0.15) is 0 Å². The van der Waals surface area contributed by atoms with Gasteiger partial charge in [-0.25, -0.2) is 9.59 Å². The number of hydrogen-bond acceptors (Lipinski definition) is 6. The minimum absolute atomic E-state index is 0.0671. The van der Waals surface area contributed by atoms with Gasteiger partial charge in [0, 0.05) is 17.5 Å². The van der Waals surface area contributed by atoms with E-state index in [1.807, 2.05) is 13.0 Å². The van der Waals surface area contributed by atoms with E-state index in [0.29, 0.717) is 17.1 Å². The normalized spacial score (nSPS) is 15.8. The van der Waals surface area contributed by atoms with E-state index in [-0.39, 0.29) is 12.4 Å². The van der Waals surface area contributed by atoms with Crippen LogP contribution in [0.4, 0.5) is 0 Å². The lowest BCUT2D eigenvalue weighted by molar-refractivity contribution is -0.144. The van der Waals surface area contributed by atoms with Crippen molar-refractivity contribution in [2.75, 3.05) is 6.61 Å². The van der Waals surface area contributed by atoms with Crippen LogP contribution in [0.1, 0.15) is 5.56 Å². The molecule has 0 radical (unpaired) electrons. The molecule has 0 aliphatic carbocycles. The van der Waals surface area contributed by atoms with E-state index in [9.17, 15) is 9.59 Å². The van der Waals surface area contributed by atoms with Crippen molar-refractivity contribution in [3.05, 3.63) is 64.5 Å². The van der Waals surface area contributed by atoms with Crippen LogP contribution in [0.3, 0.4) is 0 Å². The first-order valence-electron chi connectivity index (χ1n) is 7.75. The fraction of sp³-hybridized carbons (Fsp3) is 0.158. The Morgan fingerprint density at radius 3 is 2.76 bits per heavy atom. The lowest BCUT2D eigenvalue weighted by Crippen LogP contribution is -2.39. The average molecular weight is 338 g/mol. The second kappa shape index (κ2) is 5.98. The van der Waals surface area contributed by atoms with Crippen LogP contribution in [0.2, 0.25) is 0 Å². The van der Waals surface area contributed by atoms with Crippen molar-refractivity contribution >= 4 is 16.9 Å². The topological polar surface area (TPSA) is 75.0 Å². The van der Waals surface area contributed by atoms with Crippen molar-refractivity contribution in [3.63, 3.8) is 0 Å². The lowest BCUT2D eigenvalue weighted by atomic mass is 10.1. The third kappa shape index (κ3) is 2.94. The van der Waals surface area contributed by atoms with Gasteiger partial charge in [0.05, 0.1) is 0 Å². The summed E-state index contributed by atoms with van der Waals surface area (Å²) in [7, 11) is 0. The summed E-state index contributed by atoms with van der Waals surface area (Å²) in [4.78, 5) is 23.8. The van der Waals surface area contributed by atoms with Crippen LogP contribution in [0, 0.1) is 6.92 Å². The first-order chi connectivity index (χ1) is 12.1. The summed E-state index contributed by atoms with van der Waals surface area (Å²) >= 11 is 0. The summed E-state index contributed by atoms with van der Waals surface area (Å²) in [5.41, 5.74) is 0.709. The van der Waals surface area contributed by atoms with E-state index in [1.54, 1.807) is 30.3 Å². The van der Waals surface area contributed by atoms with Gasteiger partial charge in [0.2, 0.25) is 6.10 Å². The largest absolute Gasteiger partial charge is 0.485 e. The number of carbonyl (C=O) groups excluding carboxylic acids is 1. The molecule has 0 fully saturated rings. The van der Waals surface area contributed by atoms with Gasteiger partial charge in [-0.05, 0) is 36.8 Å². The van der Waals surface area contributed by atoms with Gasteiger partial charge in [0.25, 0.3) is 0 Å². The number of ether oxygens (including phenoxy) is 3. The number of esters is 1. The molecule has 4 rings (SSSR count). The summed E-state index contributed by atoms with van der Waals surface area (Å²) in [5.74, 6) is 0.780. The molecule has 0 saturated heterocycles. The van der Waals surface area contributed by atoms with E-state index in [2.05, 4.69) is 0 Å². The van der Waals surface area contributed by atoms with Gasteiger partial charge in [-0.15, -0.1) is 0 Å². The van der Waals surface area contributed by atoms with Crippen molar-refractivity contribution in [1.29, 1.82) is 0 Å². The van der Waals surface area contributed by atoms with Crippen molar-refractivity contribution in [1.82, 2.24) is 0 Å². The molecule has 0 spiro atoms. The molecule has 1 atom stereocenters. The Hall–Kier alpha value is -3.28. The van der Waals surface area contributed by atoms with Crippen LogP contribution < -0.4 is 19.8 Å². The number of carbonyl (C=O) groups is 1. The fourth-order valence-corrected chi connectivity index (χ4v) is 2.69. The fourth-order valence-electron chi connectivity index (χ4n) is 2.69. The van der Waals surface area contributed by atoms with Crippen LogP contribution >= 0.6 is 0 Å². The molecule has 0 saturated carbocycles. The summed E-state index contributed by atoms with van der Waals surface area (Å²) in [6, 6.07) is 13.4. The third-order valence-corrected chi connectivity index (χ3v) is 3.91. The maximum absolute atomic E-state index is 12.3. The molecule has 0 bridgehead atoms. The monoisotopic (exact) mass is 338 g/mol. The highest BCUT2D eigenvalue weighted by molar-refractivity contribution is 5.83. The SMILES string of the molecule is Cc1cc(=O)oc2cc(OC(=O)C3COc4ccccc4O3)ccc12. The highest BCUT2D eigenvalue weighted by Gasteiger charge is 2.29. The zero-order chi connectivity index (χ0) is 17.4. The predicted molar refractivity (Wildman–Crippen MR) is 89.2 cm³/mol. The number of aryl methyl sites for hydroxylation is 1. The Balaban J connectivity index is 1.55. The third-order valence-electron chi connectivity index (χ3n) is 3.91. The Kier molecular flexibility index (Phi) is 3.65. The van der Waals surface area contributed by atoms with Gasteiger partial charge in [0.15, 0.2) is 11.5 Å². The van der Waals surface area contributed by atoms with E-state index >= 15 is 0 Å². The number of benzene rings is 2. The van der Waals surface area contributed by atoms with E-state index < -0.39 is 17.7 Å². The highest BCUT2D eigenvalue weighted by atomic mass is 16.6. The molecular weight excluding hydrogens is 324 g/mol. The van der Waals surface area contributed by atoms with Gasteiger partial charge in [-0.1, -0.05) is 12.1 Å². The second-order valence-electron chi connectivity index (χ2n) is 5.69. The van der Waals surface area contributed by atoms with Crippen molar-refractivity contribution in [3.8, 4) is 17.2 Å². The maximum Gasteiger partial charge on any atom is 0.356 e. The minimum atomic E-state index is -0.866. The Morgan fingerprint density at radius 2 is 1.92 bits per heavy atom. The smallest absolute Gasteiger partial charge is 0.356 e. The predicted octanol–water partition coefficient (Wildman–Crippen LogP) is 2.85. The highest BCUT2D eigenvalue weighted by Crippen LogP contribution is 2.31. The number of fused-ring (bicyclic) bond motifs is 2. The maximum atomic E-state index is 12.3. The Labute approximate surface area is 142 Å². The molecule has 2 aromatic carbocycles. The van der Waals surface area contributed by atoms with Crippen LogP contribution in [0.25, 0.3) is 11.0 Å². The first kappa shape index (κ1) is 15.3. The average Bonchev–Trinajstić information content (AvgIpc) is 2.60. The number of para-hydroxylation sites is 2. The summed E-state index contributed by atoms with van der Waals surface area (Å²) < 4.78 is 21.6. The zero-order valence-corrected chi connectivity index (χ0v) is 13.4. The molecular formula is C19H14O6. The molecule has 1 aliphatic heterocycles. The Morgan fingerprint density at radius 1 is 1.12 bits per heavy atom. The van der Waals surface area contributed by atoms with Crippen molar-refractivity contribution < 1.29 is 23.4 Å². The molecule has 1 aliphatic rings. The standard InChI is InChI=1S/C19H14O6/c1-11-8-18(20)25-16-9-12(6-7-13(11)16)23-19(21)17-10-22-14-4-2-3-5-15(14)24-17/h2-9,17H,10H2,1H3. The molecule has 0 amide bonds. The quantitative estimate of drug-likeness (QED) is 0.406. The zero-order valence-electron chi connectivity index (χ0n) is 13.4. The minimum Gasteiger partial charge on any atom is -0.485 e. The van der Waals surface area contributed by atoms with Gasteiger partial charge in [0.1, 0.15) is 17.9 Å². The van der Waals surface area contributed by atoms with Crippen molar-refractivity contribution in [2.24, 2.45) is 0 Å². The molecule has 6 nitrogen and oxygen atoms in total. The molecule has 126 valence electrons. The van der Waals surface area contributed by atoms with E-state index in [1.165, 1.54) is 12.1 Å². The molecule has 1 aromatic heterocycles. The first-order valence-corrected chi connectivity index (χ1v) is 7.75. The summed E-state index contributed by atoms with van der Waals surface area (Å²) in [6.07, 6.45) is -0.866. The van der Waals surface area contributed by atoms with Gasteiger partial charge in [-0.3, -0.25) is 0 Å². The van der Waals surface area contributed by atoms with E-state index in [0.717, 1.165) is 10.9 Å². The molecule has 1 unspecified atom stereocenters.